The van der Waals surface area contributed by atoms with Gasteiger partial charge in [0.05, 0.1) is 6.10 Å². The van der Waals surface area contributed by atoms with Crippen molar-refractivity contribution in [2.24, 2.45) is 11.8 Å². The maximum Gasteiger partial charge on any atom is 0.158 e. The van der Waals surface area contributed by atoms with Crippen molar-refractivity contribution >= 4 is 0 Å². The minimum absolute atomic E-state index is 0.0449. The number of ether oxygens (including phenoxy) is 2. The lowest BCUT2D eigenvalue weighted by atomic mass is 9.91. The minimum atomic E-state index is -0.0449. The summed E-state index contributed by atoms with van der Waals surface area (Å²) in [5.74, 6) is 3.54. The van der Waals surface area contributed by atoms with Crippen molar-refractivity contribution in [1.82, 2.24) is 0 Å². The topological polar surface area (TPSA) is 18.5 Å². The van der Waals surface area contributed by atoms with E-state index in [1.165, 1.54) is 0 Å². The Hall–Kier alpha value is -0.780. The summed E-state index contributed by atoms with van der Waals surface area (Å²) >= 11 is 0. The summed E-state index contributed by atoms with van der Waals surface area (Å²) in [5.41, 5.74) is 0. The molecule has 1 heterocycles. The Morgan fingerprint density at radius 1 is 1.61 bits per heavy atom. The quantitative estimate of drug-likeness (QED) is 0.371. The van der Waals surface area contributed by atoms with Crippen molar-refractivity contribution in [2.75, 3.05) is 6.61 Å². The van der Waals surface area contributed by atoms with E-state index in [9.17, 15) is 0 Å². The van der Waals surface area contributed by atoms with E-state index in [-0.39, 0.29) is 18.3 Å². The summed E-state index contributed by atoms with van der Waals surface area (Å²) in [7, 11) is 0. The second-order valence-corrected chi connectivity index (χ2v) is 5.15. The molecule has 1 saturated heterocycles. The van der Waals surface area contributed by atoms with E-state index in [0.29, 0.717) is 5.92 Å². The SMILES string of the molecule is C#C[C@@H](C)C[C@@H]1OC(OCCCC)C[C@H]1CC=C. The third kappa shape index (κ3) is 4.84. The maximum atomic E-state index is 5.98. The van der Waals surface area contributed by atoms with Gasteiger partial charge in [-0.2, -0.15) is 0 Å². The average Bonchev–Trinajstić information content (AvgIpc) is 2.72. The molecule has 0 spiro atoms. The molecule has 0 aromatic carbocycles. The molecule has 2 heteroatoms. The minimum Gasteiger partial charge on any atom is -0.353 e. The molecule has 0 N–H and O–H groups in total. The van der Waals surface area contributed by atoms with Gasteiger partial charge in [-0.15, -0.1) is 18.9 Å². The fourth-order valence-corrected chi connectivity index (χ4v) is 2.35. The van der Waals surface area contributed by atoms with Crippen molar-refractivity contribution in [3.8, 4) is 12.3 Å². The Bertz CT molecular complexity index is 279. The van der Waals surface area contributed by atoms with Crippen molar-refractivity contribution in [3.63, 3.8) is 0 Å². The largest absolute Gasteiger partial charge is 0.353 e. The van der Waals surface area contributed by atoms with Gasteiger partial charge in [0.2, 0.25) is 0 Å². The Morgan fingerprint density at radius 3 is 3.00 bits per heavy atom. The Kier molecular flexibility index (Phi) is 7.08. The van der Waals surface area contributed by atoms with Gasteiger partial charge in [0, 0.05) is 18.9 Å². The lowest BCUT2D eigenvalue weighted by molar-refractivity contribution is -0.136. The van der Waals surface area contributed by atoms with Crippen LogP contribution in [0, 0.1) is 24.2 Å². The maximum absolute atomic E-state index is 5.98. The zero-order valence-electron chi connectivity index (χ0n) is 11.7. The highest BCUT2D eigenvalue weighted by molar-refractivity contribution is 4.94. The predicted molar refractivity (Wildman–Crippen MR) is 75.1 cm³/mol. The molecule has 0 bridgehead atoms. The molecule has 1 rings (SSSR count). The second-order valence-electron chi connectivity index (χ2n) is 5.15. The molecule has 0 aromatic heterocycles. The molecular weight excluding hydrogens is 224 g/mol. The third-order valence-corrected chi connectivity index (χ3v) is 3.49. The van der Waals surface area contributed by atoms with Gasteiger partial charge in [-0.05, 0) is 25.2 Å². The van der Waals surface area contributed by atoms with Gasteiger partial charge in [-0.1, -0.05) is 26.3 Å². The Labute approximate surface area is 112 Å². The third-order valence-electron chi connectivity index (χ3n) is 3.49. The highest BCUT2D eigenvalue weighted by Crippen LogP contribution is 2.33. The van der Waals surface area contributed by atoms with Crippen LogP contribution in [0.5, 0.6) is 0 Å². The normalized spacial score (nSPS) is 28.8. The van der Waals surface area contributed by atoms with Gasteiger partial charge >= 0.3 is 0 Å². The van der Waals surface area contributed by atoms with Crippen LogP contribution in [0.25, 0.3) is 0 Å². The molecule has 102 valence electrons. The molecule has 1 aliphatic rings. The van der Waals surface area contributed by atoms with Crippen LogP contribution >= 0.6 is 0 Å². The smallest absolute Gasteiger partial charge is 0.158 e. The molecule has 18 heavy (non-hydrogen) atoms. The van der Waals surface area contributed by atoms with Gasteiger partial charge in [-0.25, -0.2) is 0 Å². The highest BCUT2D eigenvalue weighted by Gasteiger charge is 2.35. The number of unbranched alkanes of at least 4 members (excludes halogenated alkanes) is 1. The lowest BCUT2D eigenvalue weighted by Crippen LogP contribution is -2.19. The molecule has 0 amide bonds. The van der Waals surface area contributed by atoms with Crippen LogP contribution < -0.4 is 0 Å². The fourth-order valence-electron chi connectivity index (χ4n) is 2.35. The lowest BCUT2D eigenvalue weighted by Gasteiger charge is -2.18. The van der Waals surface area contributed by atoms with E-state index in [4.69, 9.17) is 15.9 Å². The fraction of sp³-hybridized carbons (Fsp3) is 0.750. The van der Waals surface area contributed by atoms with Crippen molar-refractivity contribution in [2.45, 2.75) is 58.3 Å². The molecule has 2 nitrogen and oxygen atoms in total. The van der Waals surface area contributed by atoms with Crippen molar-refractivity contribution in [3.05, 3.63) is 12.7 Å². The molecule has 4 atom stereocenters. The van der Waals surface area contributed by atoms with Crippen molar-refractivity contribution < 1.29 is 9.47 Å². The van der Waals surface area contributed by atoms with E-state index in [1.807, 2.05) is 6.08 Å². The first-order valence-electron chi connectivity index (χ1n) is 7.05. The van der Waals surface area contributed by atoms with Crippen LogP contribution in [-0.4, -0.2) is 19.0 Å². The van der Waals surface area contributed by atoms with E-state index in [1.54, 1.807) is 0 Å². The average molecular weight is 250 g/mol. The summed E-state index contributed by atoms with van der Waals surface area (Å²) in [6.07, 6.45) is 12.7. The van der Waals surface area contributed by atoms with Crippen LogP contribution in [0.15, 0.2) is 12.7 Å². The monoisotopic (exact) mass is 250 g/mol. The van der Waals surface area contributed by atoms with Crippen LogP contribution in [-0.2, 0) is 9.47 Å². The molecule has 1 aliphatic heterocycles. The van der Waals surface area contributed by atoms with Crippen LogP contribution in [0.3, 0.4) is 0 Å². The zero-order valence-corrected chi connectivity index (χ0v) is 11.7. The van der Waals surface area contributed by atoms with E-state index >= 15 is 0 Å². The highest BCUT2D eigenvalue weighted by atomic mass is 16.7. The van der Waals surface area contributed by atoms with Gasteiger partial charge < -0.3 is 9.47 Å². The van der Waals surface area contributed by atoms with Gasteiger partial charge in [-0.3, -0.25) is 0 Å². The van der Waals surface area contributed by atoms with Crippen LogP contribution in [0.2, 0.25) is 0 Å². The van der Waals surface area contributed by atoms with Crippen LogP contribution in [0.1, 0.15) is 46.0 Å². The molecule has 1 fully saturated rings. The predicted octanol–water partition coefficient (Wildman–Crippen LogP) is 3.77. The first-order chi connectivity index (χ1) is 8.71. The molecule has 0 aliphatic carbocycles. The number of allylic oxidation sites excluding steroid dienone is 1. The van der Waals surface area contributed by atoms with Crippen molar-refractivity contribution in [1.29, 1.82) is 0 Å². The summed E-state index contributed by atoms with van der Waals surface area (Å²) < 4.78 is 11.7. The first kappa shape index (κ1) is 15.3. The standard InChI is InChI=1S/C16H26O2/c1-5-8-10-17-16-12-14(9-6-2)15(18-16)11-13(4)7-3/h3,6,13-16H,2,5,8-12H2,1,4H3/t13-,14-,15+,16?/m1/s1. The molecule has 0 saturated carbocycles. The van der Waals surface area contributed by atoms with E-state index in [0.717, 1.165) is 38.7 Å². The number of hydrogen-bond acceptors (Lipinski definition) is 2. The van der Waals surface area contributed by atoms with E-state index in [2.05, 4.69) is 26.3 Å². The first-order valence-corrected chi connectivity index (χ1v) is 7.05. The second kappa shape index (κ2) is 8.34. The number of hydrogen-bond donors (Lipinski definition) is 0. The van der Waals surface area contributed by atoms with E-state index < -0.39 is 0 Å². The summed E-state index contributed by atoms with van der Waals surface area (Å²) in [5, 5.41) is 0. The molecule has 0 radical (unpaired) electrons. The Balaban J connectivity index is 2.43. The summed E-state index contributed by atoms with van der Waals surface area (Å²) in [4.78, 5) is 0. The molecular formula is C16H26O2. The summed E-state index contributed by atoms with van der Waals surface area (Å²) in [6, 6.07) is 0. The Morgan fingerprint density at radius 2 is 2.39 bits per heavy atom. The van der Waals surface area contributed by atoms with Gasteiger partial charge in [0.15, 0.2) is 6.29 Å². The zero-order chi connectivity index (χ0) is 13.4. The van der Waals surface area contributed by atoms with Gasteiger partial charge in [0.25, 0.3) is 0 Å². The van der Waals surface area contributed by atoms with Crippen LogP contribution in [0.4, 0.5) is 0 Å². The van der Waals surface area contributed by atoms with Gasteiger partial charge in [0.1, 0.15) is 0 Å². The molecule has 1 unspecified atom stereocenters. The summed E-state index contributed by atoms with van der Waals surface area (Å²) in [6.45, 7) is 8.85. The number of rotatable bonds is 8. The molecule has 0 aromatic rings. The number of terminal acetylenes is 1.